The number of nitrogens with one attached hydrogen (secondary N) is 1. The minimum atomic E-state index is -0.166. The van der Waals surface area contributed by atoms with Crippen LogP contribution in [-0.4, -0.2) is 20.9 Å². The summed E-state index contributed by atoms with van der Waals surface area (Å²) >= 11 is 7.09. The van der Waals surface area contributed by atoms with Crippen molar-refractivity contribution in [3.63, 3.8) is 0 Å². The molecule has 0 aliphatic carbocycles. The van der Waals surface area contributed by atoms with Crippen molar-refractivity contribution in [3.05, 3.63) is 107 Å². The second-order valence-corrected chi connectivity index (χ2v) is 8.49. The van der Waals surface area contributed by atoms with Gasteiger partial charge in [0.15, 0.2) is 0 Å². The molecule has 0 bridgehead atoms. The number of hydrogen-bond donors (Lipinski definition) is 1. The first-order valence-electron chi connectivity index (χ1n) is 9.91. The number of amides is 1. The number of aromatic nitrogens is 2. The van der Waals surface area contributed by atoms with E-state index in [1.54, 1.807) is 12.1 Å². The minimum Gasteiger partial charge on any atom is -0.300 e. The summed E-state index contributed by atoms with van der Waals surface area (Å²) in [5.74, 6) is 0.508. The summed E-state index contributed by atoms with van der Waals surface area (Å²) in [6, 6.07) is 27.1. The van der Waals surface area contributed by atoms with E-state index in [1.165, 1.54) is 0 Å². The Morgan fingerprint density at radius 2 is 1.62 bits per heavy atom. The molecule has 2 heterocycles. The third-order valence-corrected chi connectivity index (χ3v) is 5.89. The highest BCUT2D eigenvalue weighted by molar-refractivity contribution is 8.18. The lowest BCUT2D eigenvalue weighted by Gasteiger charge is -2.01. The van der Waals surface area contributed by atoms with Crippen LogP contribution in [0.5, 0.6) is 0 Å². The van der Waals surface area contributed by atoms with Crippen molar-refractivity contribution in [2.24, 2.45) is 4.99 Å². The molecule has 5 rings (SSSR count). The highest BCUT2D eigenvalue weighted by atomic mass is 35.5. The van der Waals surface area contributed by atoms with Crippen LogP contribution in [0, 0.1) is 0 Å². The molecular weight excluding hydrogens is 440 g/mol. The van der Waals surface area contributed by atoms with Crippen LogP contribution in [0.1, 0.15) is 5.56 Å². The zero-order chi connectivity index (χ0) is 21.9. The van der Waals surface area contributed by atoms with Gasteiger partial charge in [0.25, 0.3) is 5.24 Å². The van der Waals surface area contributed by atoms with E-state index in [1.807, 2.05) is 89.8 Å². The Morgan fingerprint density at radius 3 is 2.34 bits per heavy atom. The normalized spacial score (nSPS) is 16.0. The monoisotopic (exact) mass is 456 g/mol. The first kappa shape index (κ1) is 20.3. The van der Waals surface area contributed by atoms with Gasteiger partial charge in [0.05, 0.1) is 22.0 Å². The molecule has 1 fully saturated rings. The first-order valence-corrected chi connectivity index (χ1v) is 11.1. The molecule has 1 aromatic heterocycles. The van der Waals surface area contributed by atoms with Gasteiger partial charge >= 0.3 is 0 Å². The number of benzene rings is 3. The molecule has 3 aromatic carbocycles. The summed E-state index contributed by atoms with van der Waals surface area (Å²) in [5, 5.41) is 8.13. The van der Waals surface area contributed by atoms with Gasteiger partial charge in [0.2, 0.25) is 0 Å². The Kier molecular flexibility index (Phi) is 5.62. The highest BCUT2D eigenvalue weighted by Gasteiger charge is 2.24. The summed E-state index contributed by atoms with van der Waals surface area (Å²) in [6.07, 6.45) is 3.92. The summed E-state index contributed by atoms with van der Waals surface area (Å²) in [5.41, 5.74) is 4.38. The Morgan fingerprint density at radius 1 is 0.938 bits per heavy atom. The maximum atomic E-state index is 12.2. The zero-order valence-corrected chi connectivity index (χ0v) is 18.3. The van der Waals surface area contributed by atoms with Crippen LogP contribution in [0.3, 0.4) is 0 Å². The van der Waals surface area contributed by atoms with E-state index in [-0.39, 0.29) is 5.24 Å². The quantitative estimate of drug-likeness (QED) is 0.370. The predicted octanol–water partition coefficient (Wildman–Crippen LogP) is 6.72. The number of para-hydroxylation sites is 1. The van der Waals surface area contributed by atoms with Crippen LogP contribution >= 0.6 is 23.4 Å². The number of thioether (sulfide) groups is 1. The average molecular weight is 457 g/mol. The lowest BCUT2D eigenvalue weighted by Crippen LogP contribution is -2.18. The van der Waals surface area contributed by atoms with Crippen molar-refractivity contribution in [1.29, 1.82) is 0 Å². The van der Waals surface area contributed by atoms with Gasteiger partial charge in [-0.25, -0.2) is 9.67 Å². The third kappa shape index (κ3) is 4.37. The summed E-state index contributed by atoms with van der Waals surface area (Å²) in [4.78, 5) is 17.5. The molecule has 0 spiro atoms. The van der Waals surface area contributed by atoms with Crippen molar-refractivity contribution < 1.29 is 4.79 Å². The number of amidine groups is 1. The second kappa shape index (κ2) is 8.86. The molecule has 1 aliphatic heterocycles. The molecule has 4 aromatic rings. The Balaban J connectivity index is 1.60. The number of rotatable bonds is 4. The number of carbonyl (C=O) groups is 1. The molecular formula is C25H17ClN4OS. The van der Waals surface area contributed by atoms with Crippen LogP contribution < -0.4 is 5.32 Å². The van der Waals surface area contributed by atoms with Crippen LogP contribution in [0.4, 0.5) is 10.5 Å². The number of aliphatic imine (C=N–C) groups is 1. The summed E-state index contributed by atoms with van der Waals surface area (Å²) in [7, 11) is 0. The van der Waals surface area contributed by atoms with Crippen LogP contribution in [-0.2, 0) is 0 Å². The van der Waals surface area contributed by atoms with E-state index >= 15 is 0 Å². The van der Waals surface area contributed by atoms with E-state index in [2.05, 4.69) is 10.3 Å². The Labute approximate surface area is 194 Å². The molecule has 1 aliphatic rings. The van der Waals surface area contributed by atoms with Crippen molar-refractivity contribution >= 4 is 46.2 Å². The number of carbonyl (C=O) groups excluding carboxylic acids is 1. The molecule has 1 saturated heterocycles. The smallest absolute Gasteiger partial charge is 0.289 e. The molecule has 32 heavy (non-hydrogen) atoms. The molecule has 0 atom stereocenters. The number of halogens is 1. The van der Waals surface area contributed by atoms with Gasteiger partial charge < -0.3 is 5.32 Å². The molecule has 1 amide bonds. The van der Waals surface area contributed by atoms with E-state index in [9.17, 15) is 4.79 Å². The number of nitrogens with zero attached hydrogens (tertiary/aromatic N) is 3. The molecule has 5 nitrogen and oxygen atoms in total. The van der Waals surface area contributed by atoms with Crippen molar-refractivity contribution in [2.75, 3.05) is 0 Å². The molecule has 0 unspecified atom stereocenters. The van der Waals surface area contributed by atoms with E-state index in [0.29, 0.717) is 16.5 Å². The van der Waals surface area contributed by atoms with Gasteiger partial charge in [-0.3, -0.25) is 4.79 Å². The predicted molar refractivity (Wildman–Crippen MR) is 132 cm³/mol. The van der Waals surface area contributed by atoms with Crippen molar-refractivity contribution in [1.82, 2.24) is 15.1 Å². The fourth-order valence-corrected chi connectivity index (χ4v) is 4.18. The van der Waals surface area contributed by atoms with Gasteiger partial charge in [0, 0.05) is 22.3 Å². The minimum absolute atomic E-state index is 0.166. The van der Waals surface area contributed by atoms with Gasteiger partial charge in [-0.05, 0) is 54.2 Å². The third-order valence-electron chi connectivity index (χ3n) is 4.82. The van der Waals surface area contributed by atoms with Crippen molar-refractivity contribution in [2.45, 2.75) is 0 Å². The zero-order valence-electron chi connectivity index (χ0n) is 16.8. The molecule has 0 saturated carbocycles. The van der Waals surface area contributed by atoms with Crippen molar-refractivity contribution in [3.8, 4) is 16.9 Å². The second-order valence-electron chi connectivity index (χ2n) is 7.04. The Bertz CT molecular complexity index is 1330. The van der Waals surface area contributed by atoms with Crippen LogP contribution in [0.25, 0.3) is 23.0 Å². The summed E-state index contributed by atoms with van der Waals surface area (Å²) in [6.45, 7) is 0. The lowest BCUT2D eigenvalue weighted by atomic mass is 10.1. The van der Waals surface area contributed by atoms with E-state index < -0.39 is 0 Å². The van der Waals surface area contributed by atoms with E-state index in [0.717, 1.165) is 39.2 Å². The molecule has 7 heteroatoms. The van der Waals surface area contributed by atoms with Crippen LogP contribution in [0.2, 0.25) is 5.02 Å². The largest absolute Gasteiger partial charge is 0.300 e. The summed E-state index contributed by atoms with van der Waals surface area (Å²) < 4.78 is 1.85. The molecule has 1 N–H and O–H groups in total. The van der Waals surface area contributed by atoms with Gasteiger partial charge in [-0.15, -0.1) is 0 Å². The molecule has 156 valence electrons. The van der Waals surface area contributed by atoms with E-state index in [4.69, 9.17) is 16.7 Å². The highest BCUT2D eigenvalue weighted by Crippen LogP contribution is 2.32. The maximum absolute atomic E-state index is 12.2. The fraction of sp³-hybridized carbons (Fsp3) is 0. The first-order chi connectivity index (χ1) is 15.7. The van der Waals surface area contributed by atoms with Crippen LogP contribution in [0.15, 0.2) is 101 Å². The van der Waals surface area contributed by atoms with Gasteiger partial charge in [-0.2, -0.15) is 5.10 Å². The topological polar surface area (TPSA) is 59.3 Å². The maximum Gasteiger partial charge on any atom is 0.289 e. The number of hydrogen-bond acceptors (Lipinski definition) is 4. The average Bonchev–Trinajstić information content (AvgIpc) is 3.40. The lowest BCUT2D eigenvalue weighted by molar-refractivity contribution is 0.265. The van der Waals surface area contributed by atoms with Gasteiger partial charge in [-0.1, -0.05) is 60.1 Å². The fourth-order valence-electron chi connectivity index (χ4n) is 3.33. The Hall–Kier alpha value is -3.61. The SMILES string of the molecule is O=C1NC(=Nc2ccc(Cl)cc2)/C(=C/c2cn(-c3ccccc3)nc2-c2ccccc2)S1. The standard InChI is InChI=1S/C25H17ClN4OS/c26-19-11-13-20(14-12-19)27-24-22(32-25(31)28-24)15-18-16-30(21-9-5-2-6-10-21)29-23(18)17-7-3-1-4-8-17/h1-16H,(H,27,28,31)/b22-15-. The van der Waals surface area contributed by atoms with Gasteiger partial charge in [0.1, 0.15) is 5.84 Å². The molecule has 0 radical (unpaired) electrons.